The van der Waals surface area contributed by atoms with Crippen LogP contribution in [0.5, 0.6) is 0 Å². The molecule has 0 fully saturated rings. The molecule has 0 spiro atoms. The van der Waals surface area contributed by atoms with Gasteiger partial charge < -0.3 is 4.74 Å². The van der Waals surface area contributed by atoms with Crippen molar-refractivity contribution in [2.24, 2.45) is 0 Å². The van der Waals surface area contributed by atoms with Gasteiger partial charge in [-0.15, -0.1) is 6.42 Å². The molecule has 0 amide bonds. The fraction of sp³-hybridized carbons (Fsp3) is 0.750. The Morgan fingerprint density at radius 2 is 2.30 bits per heavy atom. The predicted octanol–water partition coefficient (Wildman–Crippen LogP) is 0.586. The molecule has 0 N–H and O–H groups in total. The SMILES string of the molecule is C#CC(C)N(C)CCOC. The minimum Gasteiger partial charge on any atom is -0.383 e. The van der Waals surface area contributed by atoms with E-state index in [1.54, 1.807) is 7.11 Å². The fourth-order valence-electron chi connectivity index (χ4n) is 0.556. The van der Waals surface area contributed by atoms with E-state index in [1.807, 2.05) is 14.0 Å². The summed E-state index contributed by atoms with van der Waals surface area (Å²) in [5.41, 5.74) is 0. The molecule has 0 heterocycles. The third-order valence-electron chi connectivity index (χ3n) is 1.55. The van der Waals surface area contributed by atoms with Crippen molar-refractivity contribution in [3.63, 3.8) is 0 Å². The summed E-state index contributed by atoms with van der Waals surface area (Å²) in [6.07, 6.45) is 5.21. The lowest BCUT2D eigenvalue weighted by Crippen LogP contribution is -2.30. The van der Waals surface area contributed by atoms with Crippen molar-refractivity contribution in [3.05, 3.63) is 0 Å². The lowest BCUT2D eigenvalue weighted by Gasteiger charge is -2.18. The highest BCUT2D eigenvalue weighted by molar-refractivity contribution is 4.96. The van der Waals surface area contributed by atoms with E-state index < -0.39 is 0 Å². The average Bonchev–Trinajstić information content (AvgIpc) is 1.98. The number of rotatable bonds is 4. The Bertz CT molecular complexity index is 117. The monoisotopic (exact) mass is 141 g/mol. The number of hydrogen-bond acceptors (Lipinski definition) is 2. The van der Waals surface area contributed by atoms with Crippen LogP contribution in [-0.4, -0.2) is 38.3 Å². The van der Waals surface area contributed by atoms with Gasteiger partial charge in [0.2, 0.25) is 0 Å². The van der Waals surface area contributed by atoms with Crippen LogP contribution in [0.15, 0.2) is 0 Å². The van der Waals surface area contributed by atoms with Gasteiger partial charge in [-0.2, -0.15) is 0 Å². The molecule has 0 saturated heterocycles. The second-order valence-corrected chi connectivity index (χ2v) is 2.32. The summed E-state index contributed by atoms with van der Waals surface area (Å²) in [7, 11) is 3.68. The van der Waals surface area contributed by atoms with Crippen LogP contribution >= 0.6 is 0 Å². The highest BCUT2D eigenvalue weighted by Gasteiger charge is 2.02. The van der Waals surface area contributed by atoms with Crippen LogP contribution < -0.4 is 0 Å². The molecule has 0 aromatic carbocycles. The lowest BCUT2D eigenvalue weighted by molar-refractivity contribution is 0.154. The zero-order valence-electron chi connectivity index (χ0n) is 6.92. The van der Waals surface area contributed by atoms with Crippen LogP contribution in [0.1, 0.15) is 6.92 Å². The largest absolute Gasteiger partial charge is 0.383 e. The highest BCUT2D eigenvalue weighted by atomic mass is 16.5. The van der Waals surface area contributed by atoms with Crippen molar-refractivity contribution in [2.45, 2.75) is 13.0 Å². The van der Waals surface area contributed by atoms with Crippen LogP contribution in [0.4, 0.5) is 0 Å². The Kier molecular flexibility index (Phi) is 5.00. The van der Waals surface area contributed by atoms with Crippen molar-refractivity contribution in [1.82, 2.24) is 4.90 Å². The molecule has 0 aromatic rings. The van der Waals surface area contributed by atoms with E-state index in [2.05, 4.69) is 10.8 Å². The molecule has 1 unspecified atom stereocenters. The van der Waals surface area contributed by atoms with Gasteiger partial charge in [-0.25, -0.2) is 0 Å². The van der Waals surface area contributed by atoms with Gasteiger partial charge in [-0.05, 0) is 14.0 Å². The number of ether oxygens (including phenoxy) is 1. The minimum absolute atomic E-state index is 0.204. The van der Waals surface area contributed by atoms with Gasteiger partial charge in [0.1, 0.15) is 0 Å². The van der Waals surface area contributed by atoms with Crippen LogP contribution in [-0.2, 0) is 4.74 Å². The van der Waals surface area contributed by atoms with Gasteiger partial charge in [0, 0.05) is 13.7 Å². The molecule has 1 atom stereocenters. The van der Waals surface area contributed by atoms with Gasteiger partial charge in [0.05, 0.1) is 12.6 Å². The summed E-state index contributed by atoms with van der Waals surface area (Å²) in [6.45, 7) is 3.63. The first-order valence-corrected chi connectivity index (χ1v) is 3.37. The first-order chi connectivity index (χ1) is 4.72. The molecule has 0 bridgehead atoms. The topological polar surface area (TPSA) is 12.5 Å². The summed E-state index contributed by atoms with van der Waals surface area (Å²) < 4.78 is 4.90. The van der Waals surface area contributed by atoms with E-state index in [9.17, 15) is 0 Å². The first-order valence-electron chi connectivity index (χ1n) is 3.37. The summed E-state index contributed by atoms with van der Waals surface area (Å²) in [5.74, 6) is 2.64. The normalized spacial score (nSPS) is 13.1. The second kappa shape index (κ2) is 5.28. The second-order valence-electron chi connectivity index (χ2n) is 2.32. The Balaban J connectivity index is 3.43. The van der Waals surface area contributed by atoms with Gasteiger partial charge in [0.25, 0.3) is 0 Å². The van der Waals surface area contributed by atoms with Crippen molar-refractivity contribution in [1.29, 1.82) is 0 Å². The molecule has 58 valence electrons. The number of terminal acetylenes is 1. The molecule has 0 radical (unpaired) electrons. The Morgan fingerprint density at radius 1 is 1.70 bits per heavy atom. The van der Waals surface area contributed by atoms with Crippen molar-refractivity contribution < 1.29 is 4.74 Å². The maximum Gasteiger partial charge on any atom is 0.0681 e. The van der Waals surface area contributed by atoms with E-state index >= 15 is 0 Å². The van der Waals surface area contributed by atoms with Gasteiger partial charge in [-0.3, -0.25) is 4.90 Å². The van der Waals surface area contributed by atoms with E-state index in [0.717, 1.165) is 13.2 Å². The van der Waals surface area contributed by atoms with E-state index in [1.165, 1.54) is 0 Å². The van der Waals surface area contributed by atoms with Crippen molar-refractivity contribution >= 4 is 0 Å². The Morgan fingerprint density at radius 3 is 2.70 bits per heavy atom. The molecular weight excluding hydrogens is 126 g/mol. The number of methoxy groups -OCH3 is 1. The number of likely N-dealkylation sites (N-methyl/N-ethyl adjacent to an activating group) is 1. The smallest absolute Gasteiger partial charge is 0.0681 e. The zero-order valence-corrected chi connectivity index (χ0v) is 6.92. The van der Waals surface area contributed by atoms with E-state index in [-0.39, 0.29) is 6.04 Å². The lowest BCUT2D eigenvalue weighted by atomic mass is 10.3. The summed E-state index contributed by atoms with van der Waals surface area (Å²) in [4.78, 5) is 2.07. The molecule has 0 aliphatic carbocycles. The molecule has 10 heavy (non-hydrogen) atoms. The minimum atomic E-state index is 0.204. The quantitative estimate of drug-likeness (QED) is 0.531. The summed E-state index contributed by atoms with van der Waals surface area (Å²) in [6, 6.07) is 0.204. The standard InChI is InChI=1S/C8H15NO/c1-5-8(2)9(3)6-7-10-4/h1,8H,6-7H2,2-4H3. The van der Waals surface area contributed by atoms with Gasteiger partial charge >= 0.3 is 0 Å². The molecular formula is C8H15NO. The highest BCUT2D eigenvalue weighted by Crippen LogP contribution is 1.91. The van der Waals surface area contributed by atoms with E-state index in [0.29, 0.717) is 0 Å². The molecule has 2 nitrogen and oxygen atoms in total. The number of nitrogens with zero attached hydrogens (tertiary/aromatic N) is 1. The van der Waals surface area contributed by atoms with E-state index in [4.69, 9.17) is 11.2 Å². The van der Waals surface area contributed by atoms with Crippen LogP contribution in [0, 0.1) is 12.3 Å². The molecule has 0 aliphatic heterocycles. The van der Waals surface area contributed by atoms with Crippen LogP contribution in [0.3, 0.4) is 0 Å². The van der Waals surface area contributed by atoms with Gasteiger partial charge in [0.15, 0.2) is 0 Å². The first kappa shape index (κ1) is 9.48. The fourth-order valence-corrected chi connectivity index (χ4v) is 0.556. The Hall–Kier alpha value is -0.520. The molecule has 0 aliphatic rings. The third kappa shape index (κ3) is 3.49. The van der Waals surface area contributed by atoms with Crippen LogP contribution in [0.2, 0.25) is 0 Å². The maximum atomic E-state index is 5.21. The van der Waals surface area contributed by atoms with Crippen LogP contribution in [0.25, 0.3) is 0 Å². The zero-order chi connectivity index (χ0) is 7.98. The Labute approximate surface area is 63.2 Å². The molecule has 0 saturated carbocycles. The van der Waals surface area contributed by atoms with Gasteiger partial charge in [-0.1, -0.05) is 5.92 Å². The summed E-state index contributed by atoms with van der Waals surface area (Å²) in [5, 5.41) is 0. The summed E-state index contributed by atoms with van der Waals surface area (Å²) >= 11 is 0. The average molecular weight is 141 g/mol. The maximum absolute atomic E-state index is 5.21. The molecule has 2 heteroatoms. The molecule has 0 rings (SSSR count). The number of hydrogen-bond donors (Lipinski definition) is 0. The van der Waals surface area contributed by atoms with Crippen molar-refractivity contribution in [3.8, 4) is 12.3 Å². The van der Waals surface area contributed by atoms with Crippen molar-refractivity contribution in [2.75, 3.05) is 27.3 Å². The third-order valence-corrected chi connectivity index (χ3v) is 1.55. The molecule has 0 aromatic heterocycles. The predicted molar refractivity (Wildman–Crippen MR) is 42.8 cm³/mol.